The van der Waals surface area contributed by atoms with E-state index in [1.165, 1.54) is 5.56 Å². The monoisotopic (exact) mass is 224 g/mol. The van der Waals surface area contributed by atoms with Crippen molar-refractivity contribution in [2.75, 3.05) is 0 Å². The molecule has 2 nitrogen and oxygen atoms in total. The largest absolute Gasteiger partial charge is 0.458 e. The molecule has 1 saturated heterocycles. The van der Waals surface area contributed by atoms with Gasteiger partial charge < -0.3 is 4.74 Å². The molecule has 1 heterocycles. The van der Waals surface area contributed by atoms with Crippen molar-refractivity contribution in [3.63, 3.8) is 0 Å². The lowest BCUT2D eigenvalue weighted by molar-refractivity contribution is -0.178. The minimum Gasteiger partial charge on any atom is -0.458 e. The van der Waals surface area contributed by atoms with E-state index in [2.05, 4.69) is 12.1 Å². The number of hydrogen-bond donors (Lipinski definition) is 0. The first-order valence-electron chi connectivity index (χ1n) is 5.04. The Morgan fingerprint density at radius 2 is 2.07 bits per heavy atom. The van der Waals surface area contributed by atoms with E-state index in [4.69, 9.17) is 16.3 Å². The quantitative estimate of drug-likeness (QED) is 0.583. The minimum absolute atomic E-state index is 0.146. The van der Waals surface area contributed by atoms with Crippen molar-refractivity contribution in [2.24, 2.45) is 0 Å². The van der Waals surface area contributed by atoms with Gasteiger partial charge in [-0.25, -0.2) is 4.79 Å². The highest BCUT2D eigenvalue weighted by Crippen LogP contribution is 2.36. The number of hydrogen-bond acceptors (Lipinski definition) is 2. The Labute approximate surface area is 94.2 Å². The molecule has 1 fully saturated rings. The SMILES string of the molecule is C[C@@]1(Cl)C(=O)O[C@@H]1CCc1ccccc1. The molecule has 0 aliphatic carbocycles. The maximum absolute atomic E-state index is 11.0. The molecule has 1 aliphatic rings. The molecule has 0 bridgehead atoms. The van der Waals surface area contributed by atoms with Gasteiger partial charge in [-0.1, -0.05) is 30.3 Å². The molecule has 3 heteroatoms. The van der Waals surface area contributed by atoms with Crippen LogP contribution in [0.25, 0.3) is 0 Å². The Morgan fingerprint density at radius 3 is 2.60 bits per heavy atom. The van der Waals surface area contributed by atoms with E-state index in [9.17, 15) is 4.79 Å². The second-order valence-electron chi connectivity index (χ2n) is 3.99. The summed E-state index contributed by atoms with van der Waals surface area (Å²) in [4.78, 5) is 10.2. The number of cyclic esters (lactones) is 1. The lowest BCUT2D eigenvalue weighted by Gasteiger charge is -2.39. The van der Waals surface area contributed by atoms with E-state index in [0.717, 1.165) is 12.8 Å². The zero-order valence-corrected chi connectivity index (χ0v) is 9.33. The fourth-order valence-corrected chi connectivity index (χ4v) is 1.90. The van der Waals surface area contributed by atoms with Gasteiger partial charge in [0.1, 0.15) is 6.10 Å². The smallest absolute Gasteiger partial charge is 0.331 e. The van der Waals surface area contributed by atoms with Crippen molar-refractivity contribution in [1.82, 2.24) is 0 Å². The number of carbonyl (C=O) groups excluding carboxylic acids is 1. The molecule has 1 aromatic carbocycles. The highest BCUT2D eigenvalue weighted by atomic mass is 35.5. The molecule has 1 aromatic rings. The van der Waals surface area contributed by atoms with Gasteiger partial charge in [-0.3, -0.25) is 0 Å². The number of carbonyl (C=O) groups is 1. The van der Waals surface area contributed by atoms with Crippen molar-refractivity contribution in [3.05, 3.63) is 35.9 Å². The lowest BCUT2D eigenvalue weighted by atomic mass is 9.92. The third kappa shape index (κ3) is 2.00. The van der Waals surface area contributed by atoms with Crippen molar-refractivity contribution < 1.29 is 9.53 Å². The van der Waals surface area contributed by atoms with Crippen LogP contribution in [0.3, 0.4) is 0 Å². The first-order chi connectivity index (χ1) is 7.10. The Bertz CT molecular complexity index is 359. The van der Waals surface area contributed by atoms with Crippen LogP contribution in [-0.4, -0.2) is 16.9 Å². The molecule has 0 amide bonds. The Hall–Kier alpha value is -1.02. The molecule has 0 aromatic heterocycles. The van der Waals surface area contributed by atoms with Crippen LogP contribution < -0.4 is 0 Å². The van der Waals surface area contributed by atoms with Crippen LogP contribution in [0, 0.1) is 0 Å². The summed E-state index contributed by atoms with van der Waals surface area (Å²) in [7, 11) is 0. The fourth-order valence-electron chi connectivity index (χ4n) is 1.70. The van der Waals surface area contributed by atoms with E-state index < -0.39 is 4.87 Å². The molecule has 0 N–H and O–H groups in total. The molecule has 0 spiro atoms. The molecule has 0 saturated carbocycles. The van der Waals surface area contributed by atoms with Crippen molar-refractivity contribution in [3.8, 4) is 0 Å². The summed E-state index contributed by atoms with van der Waals surface area (Å²) in [5, 5.41) is 0. The second kappa shape index (κ2) is 3.86. The Morgan fingerprint density at radius 1 is 1.40 bits per heavy atom. The molecule has 80 valence electrons. The number of esters is 1. The van der Waals surface area contributed by atoms with Crippen LogP contribution >= 0.6 is 11.6 Å². The summed E-state index contributed by atoms with van der Waals surface area (Å²) < 4.78 is 5.01. The van der Waals surface area contributed by atoms with E-state index in [1.54, 1.807) is 6.92 Å². The van der Waals surface area contributed by atoms with E-state index in [-0.39, 0.29) is 12.1 Å². The van der Waals surface area contributed by atoms with Crippen LogP contribution in [0.4, 0.5) is 0 Å². The molecular formula is C12H13ClO2. The number of rotatable bonds is 3. The van der Waals surface area contributed by atoms with Gasteiger partial charge in [0, 0.05) is 0 Å². The van der Waals surface area contributed by atoms with Crippen LogP contribution in [0.1, 0.15) is 18.9 Å². The number of benzene rings is 1. The van der Waals surface area contributed by atoms with Crippen LogP contribution in [0.5, 0.6) is 0 Å². The maximum atomic E-state index is 11.0. The summed E-state index contributed by atoms with van der Waals surface area (Å²) in [6, 6.07) is 10.1. The summed E-state index contributed by atoms with van der Waals surface area (Å²) in [6.07, 6.45) is 1.53. The van der Waals surface area contributed by atoms with Crippen LogP contribution in [-0.2, 0) is 16.0 Å². The van der Waals surface area contributed by atoms with Gasteiger partial charge in [0.2, 0.25) is 0 Å². The van der Waals surface area contributed by atoms with Gasteiger partial charge in [0.05, 0.1) is 0 Å². The average molecular weight is 225 g/mol. The number of alkyl halides is 1. The number of ether oxygens (including phenoxy) is 1. The third-order valence-electron chi connectivity index (χ3n) is 2.79. The molecule has 0 unspecified atom stereocenters. The van der Waals surface area contributed by atoms with Gasteiger partial charge in [-0.15, -0.1) is 11.6 Å². The molecule has 2 atom stereocenters. The maximum Gasteiger partial charge on any atom is 0.331 e. The molecule has 0 radical (unpaired) electrons. The zero-order chi connectivity index (χ0) is 10.9. The standard InChI is InChI=1S/C12H13ClO2/c1-12(13)10(15-11(12)14)8-7-9-5-3-2-4-6-9/h2-6,10H,7-8H2,1H3/t10-,12+/m1/s1. The number of halogens is 1. The molecular weight excluding hydrogens is 212 g/mol. The normalized spacial score (nSPS) is 29.5. The number of aryl methyl sites for hydroxylation is 1. The third-order valence-corrected chi connectivity index (χ3v) is 3.19. The van der Waals surface area contributed by atoms with Crippen molar-refractivity contribution in [1.29, 1.82) is 0 Å². The van der Waals surface area contributed by atoms with Gasteiger partial charge in [-0.2, -0.15) is 0 Å². The highest BCUT2D eigenvalue weighted by molar-refractivity contribution is 6.36. The molecule has 2 rings (SSSR count). The summed E-state index contributed by atoms with van der Waals surface area (Å²) in [6.45, 7) is 1.72. The lowest BCUT2D eigenvalue weighted by Crippen LogP contribution is -2.56. The van der Waals surface area contributed by atoms with E-state index in [0.29, 0.717) is 0 Å². The second-order valence-corrected chi connectivity index (χ2v) is 4.78. The van der Waals surface area contributed by atoms with Gasteiger partial charge in [-0.05, 0) is 25.3 Å². The summed E-state index contributed by atoms with van der Waals surface area (Å²) >= 11 is 6.01. The van der Waals surface area contributed by atoms with Gasteiger partial charge in [0.25, 0.3) is 0 Å². The van der Waals surface area contributed by atoms with Crippen molar-refractivity contribution in [2.45, 2.75) is 30.7 Å². The van der Waals surface area contributed by atoms with Gasteiger partial charge >= 0.3 is 5.97 Å². The van der Waals surface area contributed by atoms with Crippen LogP contribution in [0.15, 0.2) is 30.3 Å². The van der Waals surface area contributed by atoms with E-state index in [1.807, 2.05) is 18.2 Å². The Balaban J connectivity index is 1.88. The average Bonchev–Trinajstić information content (AvgIpc) is 2.25. The predicted octanol–water partition coefficient (Wildman–Crippen LogP) is 2.54. The van der Waals surface area contributed by atoms with E-state index >= 15 is 0 Å². The molecule has 1 aliphatic heterocycles. The zero-order valence-electron chi connectivity index (χ0n) is 8.57. The first-order valence-corrected chi connectivity index (χ1v) is 5.42. The minimum atomic E-state index is -0.811. The summed E-state index contributed by atoms with van der Waals surface area (Å²) in [5.41, 5.74) is 1.24. The molecule has 15 heavy (non-hydrogen) atoms. The topological polar surface area (TPSA) is 26.3 Å². The Kier molecular flexibility index (Phi) is 2.70. The van der Waals surface area contributed by atoms with Crippen LogP contribution in [0.2, 0.25) is 0 Å². The van der Waals surface area contributed by atoms with Crippen molar-refractivity contribution >= 4 is 17.6 Å². The van der Waals surface area contributed by atoms with Gasteiger partial charge in [0.15, 0.2) is 4.87 Å². The predicted molar refractivity (Wildman–Crippen MR) is 58.9 cm³/mol. The summed E-state index contributed by atoms with van der Waals surface area (Å²) in [5.74, 6) is -0.303. The first kappa shape index (κ1) is 10.5. The fraction of sp³-hybridized carbons (Fsp3) is 0.417. The highest BCUT2D eigenvalue weighted by Gasteiger charge is 2.52.